The van der Waals surface area contributed by atoms with E-state index in [4.69, 9.17) is 10.5 Å². The van der Waals surface area contributed by atoms with Gasteiger partial charge in [-0.2, -0.15) is 0 Å². The minimum Gasteiger partial charge on any atom is -0.387 e. The van der Waals surface area contributed by atoms with E-state index in [1.807, 2.05) is 30.3 Å². The minimum atomic E-state index is -0.652. The topological polar surface area (TPSA) is 55.5 Å². The zero-order valence-electron chi connectivity index (χ0n) is 7.68. The van der Waals surface area contributed by atoms with Crippen molar-refractivity contribution in [3.05, 3.63) is 35.9 Å². The summed E-state index contributed by atoms with van der Waals surface area (Å²) >= 11 is 0. The third kappa shape index (κ3) is 2.81. The predicted molar refractivity (Wildman–Crippen MR) is 51.3 cm³/mol. The summed E-state index contributed by atoms with van der Waals surface area (Å²) in [6.07, 6.45) is -0.652. The zero-order chi connectivity index (χ0) is 9.68. The lowest BCUT2D eigenvalue weighted by molar-refractivity contribution is 0.0873. The van der Waals surface area contributed by atoms with Gasteiger partial charge in [0, 0.05) is 7.11 Å². The average molecular weight is 181 g/mol. The van der Waals surface area contributed by atoms with Crippen molar-refractivity contribution in [3.8, 4) is 0 Å². The second-order valence-corrected chi connectivity index (χ2v) is 2.97. The fourth-order valence-electron chi connectivity index (χ4n) is 1.18. The highest BCUT2D eigenvalue weighted by Crippen LogP contribution is 2.14. The van der Waals surface area contributed by atoms with Crippen molar-refractivity contribution in [2.45, 2.75) is 12.1 Å². The molecule has 3 N–H and O–H groups in total. The number of hydrogen-bond donors (Lipinski definition) is 2. The first kappa shape index (κ1) is 10.2. The van der Waals surface area contributed by atoms with Gasteiger partial charge in [-0.25, -0.2) is 0 Å². The molecule has 0 aliphatic carbocycles. The van der Waals surface area contributed by atoms with Gasteiger partial charge in [-0.1, -0.05) is 30.3 Å². The molecular weight excluding hydrogens is 166 g/mol. The van der Waals surface area contributed by atoms with Gasteiger partial charge in [0.25, 0.3) is 0 Å². The van der Waals surface area contributed by atoms with Crippen LogP contribution >= 0.6 is 0 Å². The van der Waals surface area contributed by atoms with Crippen LogP contribution in [-0.4, -0.2) is 24.9 Å². The molecule has 1 aromatic rings. The number of rotatable bonds is 4. The molecule has 3 nitrogen and oxygen atoms in total. The van der Waals surface area contributed by atoms with Crippen molar-refractivity contribution in [1.82, 2.24) is 0 Å². The second kappa shape index (κ2) is 4.97. The molecule has 2 atom stereocenters. The molecular formula is C10H15NO2. The maximum atomic E-state index is 9.72. The quantitative estimate of drug-likeness (QED) is 0.718. The number of nitrogens with two attached hydrogens (primary N) is 1. The SMILES string of the molecule is COC[C@@H](N)[C@@H](O)c1ccccc1. The summed E-state index contributed by atoms with van der Waals surface area (Å²) in [6.45, 7) is 0.357. The first-order valence-electron chi connectivity index (χ1n) is 4.23. The van der Waals surface area contributed by atoms with Crippen LogP contribution in [0.15, 0.2) is 30.3 Å². The summed E-state index contributed by atoms with van der Waals surface area (Å²) in [5.41, 5.74) is 6.51. The van der Waals surface area contributed by atoms with Gasteiger partial charge in [0.05, 0.1) is 18.8 Å². The maximum Gasteiger partial charge on any atom is 0.0963 e. The van der Waals surface area contributed by atoms with E-state index >= 15 is 0 Å². The molecule has 0 aliphatic rings. The standard InChI is InChI=1S/C10H15NO2/c1-13-7-9(11)10(12)8-5-3-2-4-6-8/h2-6,9-10,12H,7,11H2,1H3/t9-,10+/m1/s1. The highest BCUT2D eigenvalue weighted by atomic mass is 16.5. The van der Waals surface area contributed by atoms with Gasteiger partial charge in [0.2, 0.25) is 0 Å². The Morgan fingerprint density at radius 3 is 2.54 bits per heavy atom. The number of methoxy groups -OCH3 is 1. The Labute approximate surface area is 78.1 Å². The normalized spacial score (nSPS) is 15.3. The van der Waals surface area contributed by atoms with Crippen molar-refractivity contribution < 1.29 is 9.84 Å². The first-order valence-corrected chi connectivity index (χ1v) is 4.23. The van der Waals surface area contributed by atoms with Crippen LogP contribution in [0.5, 0.6) is 0 Å². The van der Waals surface area contributed by atoms with Crippen LogP contribution in [0.3, 0.4) is 0 Å². The number of benzene rings is 1. The van der Waals surface area contributed by atoms with Crippen molar-refractivity contribution in [2.75, 3.05) is 13.7 Å². The molecule has 0 bridgehead atoms. The van der Waals surface area contributed by atoms with Crippen molar-refractivity contribution in [3.63, 3.8) is 0 Å². The number of aliphatic hydroxyl groups excluding tert-OH is 1. The van der Waals surface area contributed by atoms with E-state index in [2.05, 4.69) is 0 Å². The largest absolute Gasteiger partial charge is 0.387 e. The number of aliphatic hydroxyl groups is 1. The van der Waals surface area contributed by atoms with Crippen LogP contribution < -0.4 is 5.73 Å². The Hall–Kier alpha value is -0.900. The van der Waals surface area contributed by atoms with E-state index in [1.54, 1.807) is 7.11 Å². The molecule has 0 radical (unpaired) electrons. The summed E-state index contributed by atoms with van der Waals surface area (Å²) in [5.74, 6) is 0. The molecule has 3 heteroatoms. The smallest absolute Gasteiger partial charge is 0.0963 e. The van der Waals surface area contributed by atoms with Crippen LogP contribution in [0.25, 0.3) is 0 Å². The zero-order valence-corrected chi connectivity index (χ0v) is 7.68. The molecule has 0 aliphatic heterocycles. The summed E-state index contributed by atoms with van der Waals surface area (Å²) in [6, 6.07) is 8.97. The van der Waals surface area contributed by atoms with Crippen LogP contribution in [0.4, 0.5) is 0 Å². The Morgan fingerprint density at radius 1 is 1.38 bits per heavy atom. The van der Waals surface area contributed by atoms with Crippen LogP contribution in [0.2, 0.25) is 0 Å². The Kier molecular flexibility index (Phi) is 3.89. The molecule has 0 aromatic heterocycles. The lowest BCUT2D eigenvalue weighted by Crippen LogP contribution is -2.32. The molecule has 0 amide bonds. The fraction of sp³-hybridized carbons (Fsp3) is 0.400. The van der Waals surface area contributed by atoms with Crippen LogP contribution in [0, 0.1) is 0 Å². The van der Waals surface area contributed by atoms with E-state index in [-0.39, 0.29) is 6.04 Å². The van der Waals surface area contributed by atoms with E-state index in [0.29, 0.717) is 6.61 Å². The highest BCUT2D eigenvalue weighted by Gasteiger charge is 2.15. The van der Waals surface area contributed by atoms with Gasteiger partial charge in [-0.05, 0) is 5.56 Å². The molecule has 0 saturated carbocycles. The fourth-order valence-corrected chi connectivity index (χ4v) is 1.18. The molecule has 0 unspecified atom stereocenters. The van der Waals surface area contributed by atoms with Gasteiger partial charge in [-0.15, -0.1) is 0 Å². The Balaban J connectivity index is 2.62. The molecule has 0 spiro atoms. The molecule has 0 saturated heterocycles. The van der Waals surface area contributed by atoms with E-state index < -0.39 is 6.10 Å². The number of ether oxygens (including phenoxy) is 1. The minimum absolute atomic E-state index is 0.357. The van der Waals surface area contributed by atoms with Gasteiger partial charge in [0.1, 0.15) is 0 Å². The van der Waals surface area contributed by atoms with Gasteiger partial charge in [-0.3, -0.25) is 0 Å². The Bertz CT molecular complexity index is 238. The lowest BCUT2D eigenvalue weighted by Gasteiger charge is -2.17. The molecule has 1 aromatic carbocycles. The van der Waals surface area contributed by atoms with E-state index in [0.717, 1.165) is 5.56 Å². The monoisotopic (exact) mass is 181 g/mol. The van der Waals surface area contributed by atoms with Crippen molar-refractivity contribution in [1.29, 1.82) is 0 Å². The molecule has 72 valence electrons. The van der Waals surface area contributed by atoms with Gasteiger partial charge < -0.3 is 15.6 Å². The summed E-state index contributed by atoms with van der Waals surface area (Å²) in [4.78, 5) is 0. The summed E-state index contributed by atoms with van der Waals surface area (Å²) in [5, 5.41) is 9.72. The molecule has 0 heterocycles. The van der Waals surface area contributed by atoms with Gasteiger partial charge in [0.15, 0.2) is 0 Å². The molecule has 0 fully saturated rings. The van der Waals surface area contributed by atoms with Crippen molar-refractivity contribution >= 4 is 0 Å². The van der Waals surface area contributed by atoms with Crippen LogP contribution in [0.1, 0.15) is 11.7 Å². The van der Waals surface area contributed by atoms with E-state index in [1.165, 1.54) is 0 Å². The maximum absolute atomic E-state index is 9.72. The predicted octanol–water partition coefficient (Wildman–Crippen LogP) is 0.694. The third-order valence-electron chi connectivity index (χ3n) is 1.91. The van der Waals surface area contributed by atoms with E-state index in [9.17, 15) is 5.11 Å². The van der Waals surface area contributed by atoms with Gasteiger partial charge >= 0.3 is 0 Å². The molecule has 1 rings (SSSR count). The molecule has 13 heavy (non-hydrogen) atoms. The number of hydrogen-bond acceptors (Lipinski definition) is 3. The summed E-state index contributed by atoms with van der Waals surface area (Å²) in [7, 11) is 1.57. The average Bonchev–Trinajstić information content (AvgIpc) is 2.18. The summed E-state index contributed by atoms with van der Waals surface area (Å²) < 4.78 is 4.86. The third-order valence-corrected chi connectivity index (χ3v) is 1.91. The Morgan fingerprint density at radius 2 is 2.00 bits per heavy atom. The second-order valence-electron chi connectivity index (χ2n) is 2.97. The van der Waals surface area contributed by atoms with Crippen LogP contribution in [-0.2, 0) is 4.74 Å². The van der Waals surface area contributed by atoms with Crippen molar-refractivity contribution in [2.24, 2.45) is 5.73 Å². The highest BCUT2D eigenvalue weighted by molar-refractivity contribution is 5.18. The first-order chi connectivity index (χ1) is 6.25. The lowest BCUT2D eigenvalue weighted by atomic mass is 10.0.